The highest BCUT2D eigenvalue weighted by Gasteiger charge is 2.15. The molecule has 1 fully saturated rings. The zero-order valence-corrected chi connectivity index (χ0v) is 11.1. The number of aryl methyl sites for hydroxylation is 1. The highest BCUT2D eigenvalue weighted by molar-refractivity contribution is 5.27. The Kier molecular flexibility index (Phi) is 5.48. The van der Waals surface area contributed by atoms with E-state index in [1.54, 1.807) is 0 Å². The summed E-state index contributed by atoms with van der Waals surface area (Å²) < 4.78 is 12.9. The Hall–Kier alpha value is -1.07. The molecule has 0 saturated carbocycles. The Bertz CT molecular complexity index is 335. The fraction of sp³-hybridized carbons (Fsp3) is 0.769. The van der Waals surface area contributed by atoms with Crippen molar-refractivity contribution >= 4 is 5.95 Å². The van der Waals surface area contributed by atoms with Crippen LogP contribution in [-0.4, -0.2) is 42.0 Å². The van der Waals surface area contributed by atoms with Gasteiger partial charge in [-0.15, -0.1) is 0 Å². The summed E-state index contributed by atoms with van der Waals surface area (Å²) in [7, 11) is 0. The lowest BCUT2D eigenvalue weighted by Gasteiger charge is -2.24. The van der Waals surface area contributed by atoms with E-state index in [1.165, 1.54) is 0 Å². The average Bonchev–Trinajstić information content (AvgIpc) is 2.83. The largest absolute Gasteiger partial charge is 0.382 e. The number of nitrogens with one attached hydrogen (secondary N) is 1. The van der Waals surface area contributed by atoms with E-state index in [1.807, 2.05) is 19.3 Å². The molecule has 1 aliphatic heterocycles. The first-order chi connectivity index (χ1) is 8.90. The summed E-state index contributed by atoms with van der Waals surface area (Å²) >= 11 is 0. The van der Waals surface area contributed by atoms with Crippen LogP contribution in [0.4, 0.5) is 5.95 Å². The maximum absolute atomic E-state index is 5.36. The maximum Gasteiger partial charge on any atom is 0.202 e. The second-order valence-corrected chi connectivity index (χ2v) is 4.53. The molecule has 5 heteroatoms. The Balaban J connectivity index is 1.79. The zero-order chi connectivity index (χ0) is 12.6. The van der Waals surface area contributed by atoms with Crippen molar-refractivity contribution in [1.82, 2.24) is 9.55 Å². The van der Waals surface area contributed by atoms with Crippen molar-refractivity contribution in [2.45, 2.75) is 38.8 Å². The molecule has 1 aliphatic rings. The van der Waals surface area contributed by atoms with Gasteiger partial charge in [0.1, 0.15) is 0 Å². The van der Waals surface area contributed by atoms with E-state index in [-0.39, 0.29) is 0 Å². The molecule has 18 heavy (non-hydrogen) atoms. The quantitative estimate of drug-likeness (QED) is 0.754. The fourth-order valence-electron chi connectivity index (χ4n) is 2.14. The third kappa shape index (κ3) is 3.99. The smallest absolute Gasteiger partial charge is 0.202 e. The van der Waals surface area contributed by atoms with Gasteiger partial charge in [0.2, 0.25) is 5.95 Å². The maximum atomic E-state index is 5.36. The molecule has 102 valence electrons. The molecule has 0 atom stereocenters. The summed E-state index contributed by atoms with van der Waals surface area (Å²) in [5, 5.41) is 3.50. The number of anilines is 1. The van der Waals surface area contributed by atoms with Crippen LogP contribution >= 0.6 is 0 Å². The molecule has 0 aromatic carbocycles. The molecular weight excluding hydrogens is 230 g/mol. The summed E-state index contributed by atoms with van der Waals surface area (Å²) in [5.41, 5.74) is 0. The molecule has 2 rings (SSSR count). The number of imidazole rings is 1. The van der Waals surface area contributed by atoms with Crippen LogP contribution in [0.15, 0.2) is 12.4 Å². The normalized spacial score (nSPS) is 16.9. The Morgan fingerprint density at radius 2 is 2.33 bits per heavy atom. The topological polar surface area (TPSA) is 48.3 Å². The second-order valence-electron chi connectivity index (χ2n) is 4.53. The standard InChI is InChI=1S/C13H23N3O2/c1-2-17-9-3-7-16-8-6-14-13(16)15-12-4-10-18-11-5-12/h6,8,12H,2-5,7,9-11H2,1H3,(H,14,15). The second kappa shape index (κ2) is 7.38. The van der Waals surface area contributed by atoms with E-state index in [4.69, 9.17) is 9.47 Å². The average molecular weight is 253 g/mol. The molecule has 0 spiro atoms. The summed E-state index contributed by atoms with van der Waals surface area (Å²) in [6.45, 7) is 6.27. The molecule has 1 aromatic rings. The lowest BCUT2D eigenvalue weighted by atomic mass is 10.1. The first kappa shape index (κ1) is 13.4. The van der Waals surface area contributed by atoms with Crippen LogP contribution in [0.1, 0.15) is 26.2 Å². The molecule has 0 radical (unpaired) electrons. The first-order valence-electron chi connectivity index (χ1n) is 6.83. The zero-order valence-electron chi connectivity index (χ0n) is 11.1. The van der Waals surface area contributed by atoms with E-state index in [2.05, 4.69) is 14.9 Å². The van der Waals surface area contributed by atoms with Gasteiger partial charge >= 0.3 is 0 Å². The van der Waals surface area contributed by atoms with Gasteiger partial charge in [0, 0.05) is 51.4 Å². The van der Waals surface area contributed by atoms with Crippen molar-refractivity contribution in [3.05, 3.63) is 12.4 Å². The van der Waals surface area contributed by atoms with Gasteiger partial charge < -0.3 is 19.4 Å². The molecule has 5 nitrogen and oxygen atoms in total. The fourth-order valence-corrected chi connectivity index (χ4v) is 2.14. The first-order valence-corrected chi connectivity index (χ1v) is 6.83. The predicted molar refractivity (Wildman–Crippen MR) is 70.8 cm³/mol. The van der Waals surface area contributed by atoms with Gasteiger partial charge in [0.05, 0.1) is 0 Å². The number of ether oxygens (including phenoxy) is 2. The van der Waals surface area contributed by atoms with Gasteiger partial charge in [-0.05, 0) is 26.2 Å². The number of hydrogen-bond acceptors (Lipinski definition) is 4. The molecule has 0 aliphatic carbocycles. The lowest BCUT2D eigenvalue weighted by Crippen LogP contribution is -2.29. The monoisotopic (exact) mass is 253 g/mol. The minimum Gasteiger partial charge on any atom is -0.382 e. The van der Waals surface area contributed by atoms with E-state index >= 15 is 0 Å². The summed E-state index contributed by atoms with van der Waals surface area (Å²) in [4.78, 5) is 4.38. The predicted octanol–water partition coefficient (Wildman–Crippen LogP) is 1.90. The summed E-state index contributed by atoms with van der Waals surface area (Å²) in [6.07, 6.45) is 7.01. The Morgan fingerprint density at radius 3 is 3.11 bits per heavy atom. The van der Waals surface area contributed by atoms with Crippen LogP contribution in [-0.2, 0) is 16.0 Å². The number of aromatic nitrogens is 2. The summed E-state index contributed by atoms with van der Waals surface area (Å²) in [6, 6.07) is 0.492. The van der Waals surface area contributed by atoms with E-state index in [0.29, 0.717) is 6.04 Å². The molecular formula is C13H23N3O2. The van der Waals surface area contributed by atoms with Gasteiger partial charge in [-0.3, -0.25) is 0 Å². The van der Waals surface area contributed by atoms with Gasteiger partial charge in [-0.25, -0.2) is 4.98 Å². The van der Waals surface area contributed by atoms with Crippen molar-refractivity contribution in [2.24, 2.45) is 0 Å². The van der Waals surface area contributed by atoms with Gasteiger partial charge in [0.25, 0.3) is 0 Å². The van der Waals surface area contributed by atoms with Crippen LogP contribution in [0.2, 0.25) is 0 Å². The summed E-state index contributed by atoms with van der Waals surface area (Å²) in [5.74, 6) is 0.971. The molecule has 1 N–H and O–H groups in total. The molecule has 0 bridgehead atoms. The van der Waals surface area contributed by atoms with Gasteiger partial charge in [-0.1, -0.05) is 0 Å². The van der Waals surface area contributed by atoms with Gasteiger partial charge in [-0.2, -0.15) is 0 Å². The van der Waals surface area contributed by atoms with Crippen LogP contribution < -0.4 is 5.32 Å². The van der Waals surface area contributed by atoms with Crippen molar-refractivity contribution < 1.29 is 9.47 Å². The molecule has 0 unspecified atom stereocenters. The van der Waals surface area contributed by atoms with Crippen LogP contribution in [0.25, 0.3) is 0 Å². The number of rotatable bonds is 7. The molecule has 0 amide bonds. The Morgan fingerprint density at radius 1 is 1.50 bits per heavy atom. The third-order valence-corrected chi connectivity index (χ3v) is 3.16. The van der Waals surface area contributed by atoms with Crippen molar-refractivity contribution in [1.29, 1.82) is 0 Å². The lowest BCUT2D eigenvalue weighted by molar-refractivity contribution is 0.0902. The van der Waals surface area contributed by atoms with Crippen LogP contribution in [0.5, 0.6) is 0 Å². The van der Waals surface area contributed by atoms with E-state index < -0.39 is 0 Å². The van der Waals surface area contributed by atoms with Crippen molar-refractivity contribution in [3.63, 3.8) is 0 Å². The minimum absolute atomic E-state index is 0.492. The minimum atomic E-state index is 0.492. The third-order valence-electron chi connectivity index (χ3n) is 3.16. The molecule has 1 aromatic heterocycles. The highest BCUT2D eigenvalue weighted by atomic mass is 16.5. The molecule has 1 saturated heterocycles. The van der Waals surface area contributed by atoms with Crippen molar-refractivity contribution in [2.75, 3.05) is 31.7 Å². The number of hydrogen-bond donors (Lipinski definition) is 1. The van der Waals surface area contributed by atoms with Gasteiger partial charge in [0.15, 0.2) is 0 Å². The highest BCUT2D eigenvalue weighted by Crippen LogP contribution is 2.14. The number of nitrogens with zero attached hydrogens (tertiary/aromatic N) is 2. The molecule has 2 heterocycles. The van der Waals surface area contributed by atoms with Crippen LogP contribution in [0, 0.1) is 0 Å². The van der Waals surface area contributed by atoms with Crippen LogP contribution in [0.3, 0.4) is 0 Å². The van der Waals surface area contributed by atoms with Crippen molar-refractivity contribution in [3.8, 4) is 0 Å². The van der Waals surface area contributed by atoms with E-state index in [9.17, 15) is 0 Å². The SMILES string of the molecule is CCOCCCn1ccnc1NC1CCOCC1. The van der Waals surface area contributed by atoms with E-state index in [0.717, 1.165) is 58.2 Å². The Labute approximate surface area is 108 Å².